The zero-order chi connectivity index (χ0) is 8.81. The van der Waals surface area contributed by atoms with E-state index in [1.807, 2.05) is 12.1 Å². The standard InChI is InChI=1S/C9H9ClN2/c10-4-1-2-8-3-5-12-9(6-8)7-11/h3,5-6H,1-2,4H2. The van der Waals surface area contributed by atoms with Gasteiger partial charge >= 0.3 is 0 Å². The Kier molecular flexibility index (Phi) is 3.56. The van der Waals surface area contributed by atoms with Crippen molar-refractivity contribution in [2.75, 3.05) is 5.88 Å². The minimum Gasteiger partial charge on any atom is -0.246 e. The van der Waals surface area contributed by atoms with E-state index in [4.69, 9.17) is 16.9 Å². The Morgan fingerprint density at radius 1 is 1.58 bits per heavy atom. The highest BCUT2D eigenvalue weighted by atomic mass is 35.5. The van der Waals surface area contributed by atoms with Gasteiger partial charge in [0.2, 0.25) is 0 Å². The number of nitrogens with zero attached hydrogens (tertiary/aromatic N) is 2. The van der Waals surface area contributed by atoms with Gasteiger partial charge in [-0.2, -0.15) is 5.26 Å². The molecule has 0 amide bonds. The highest BCUT2D eigenvalue weighted by Gasteiger charge is 1.95. The van der Waals surface area contributed by atoms with Crippen LogP contribution in [0.2, 0.25) is 0 Å². The lowest BCUT2D eigenvalue weighted by molar-refractivity contribution is 0.923. The van der Waals surface area contributed by atoms with Crippen molar-refractivity contribution in [2.24, 2.45) is 0 Å². The molecule has 0 aliphatic rings. The molecule has 0 saturated heterocycles. The van der Waals surface area contributed by atoms with Crippen LogP contribution in [-0.2, 0) is 6.42 Å². The number of alkyl halides is 1. The summed E-state index contributed by atoms with van der Waals surface area (Å²) in [6, 6.07) is 5.71. The number of pyridine rings is 1. The molecule has 0 fully saturated rings. The molecule has 0 atom stereocenters. The van der Waals surface area contributed by atoms with E-state index >= 15 is 0 Å². The predicted octanol–water partition coefficient (Wildman–Crippen LogP) is 2.12. The van der Waals surface area contributed by atoms with Crippen molar-refractivity contribution in [3.8, 4) is 6.07 Å². The van der Waals surface area contributed by atoms with Crippen molar-refractivity contribution in [3.05, 3.63) is 29.6 Å². The normalized spacial score (nSPS) is 9.33. The zero-order valence-corrected chi connectivity index (χ0v) is 7.38. The lowest BCUT2D eigenvalue weighted by Crippen LogP contribution is -1.89. The topological polar surface area (TPSA) is 36.7 Å². The molecule has 12 heavy (non-hydrogen) atoms. The van der Waals surface area contributed by atoms with E-state index in [-0.39, 0.29) is 0 Å². The van der Waals surface area contributed by atoms with Crippen LogP contribution in [-0.4, -0.2) is 10.9 Å². The van der Waals surface area contributed by atoms with Crippen LogP contribution in [0.3, 0.4) is 0 Å². The van der Waals surface area contributed by atoms with Gasteiger partial charge < -0.3 is 0 Å². The summed E-state index contributed by atoms with van der Waals surface area (Å²) < 4.78 is 0. The molecule has 1 aromatic heterocycles. The van der Waals surface area contributed by atoms with Crippen LogP contribution in [0.1, 0.15) is 17.7 Å². The first kappa shape index (κ1) is 9.02. The minimum absolute atomic E-state index is 0.474. The molecular weight excluding hydrogens is 172 g/mol. The van der Waals surface area contributed by atoms with Gasteiger partial charge in [0.05, 0.1) is 0 Å². The van der Waals surface area contributed by atoms with Crippen LogP contribution in [0.25, 0.3) is 0 Å². The summed E-state index contributed by atoms with van der Waals surface area (Å²) in [5, 5.41) is 8.55. The van der Waals surface area contributed by atoms with Crippen molar-refractivity contribution in [1.29, 1.82) is 5.26 Å². The summed E-state index contributed by atoms with van der Waals surface area (Å²) in [7, 11) is 0. The quantitative estimate of drug-likeness (QED) is 0.669. The van der Waals surface area contributed by atoms with Gasteiger partial charge in [0.25, 0.3) is 0 Å². The lowest BCUT2D eigenvalue weighted by atomic mass is 10.1. The van der Waals surface area contributed by atoms with E-state index in [0.717, 1.165) is 18.4 Å². The van der Waals surface area contributed by atoms with Gasteiger partial charge in [0, 0.05) is 12.1 Å². The molecule has 0 unspecified atom stereocenters. The summed E-state index contributed by atoms with van der Waals surface area (Å²) in [5.41, 5.74) is 1.60. The number of hydrogen-bond donors (Lipinski definition) is 0. The number of hydrogen-bond acceptors (Lipinski definition) is 2. The second-order valence-corrected chi connectivity index (χ2v) is 2.83. The van der Waals surface area contributed by atoms with Crippen LogP contribution < -0.4 is 0 Å². The molecule has 62 valence electrons. The van der Waals surface area contributed by atoms with Crippen molar-refractivity contribution in [3.63, 3.8) is 0 Å². The third-order valence-electron chi connectivity index (χ3n) is 1.54. The highest BCUT2D eigenvalue weighted by molar-refractivity contribution is 6.17. The van der Waals surface area contributed by atoms with Crippen LogP contribution in [0.5, 0.6) is 0 Å². The lowest BCUT2D eigenvalue weighted by Gasteiger charge is -1.97. The van der Waals surface area contributed by atoms with E-state index in [0.29, 0.717) is 11.6 Å². The molecule has 1 aromatic rings. The average molecular weight is 181 g/mol. The Bertz CT molecular complexity index is 291. The summed E-state index contributed by atoms with van der Waals surface area (Å²) in [4.78, 5) is 3.87. The van der Waals surface area contributed by atoms with E-state index in [1.54, 1.807) is 12.3 Å². The Hall–Kier alpha value is -1.07. The van der Waals surface area contributed by atoms with Crippen LogP contribution in [0.4, 0.5) is 0 Å². The van der Waals surface area contributed by atoms with Gasteiger partial charge in [-0.15, -0.1) is 11.6 Å². The van der Waals surface area contributed by atoms with Gasteiger partial charge in [-0.3, -0.25) is 0 Å². The maximum absolute atomic E-state index is 8.55. The Balaban J connectivity index is 2.68. The monoisotopic (exact) mass is 180 g/mol. The second kappa shape index (κ2) is 4.74. The Morgan fingerprint density at radius 3 is 3.08 bits per heavy atom. The first-order chi connectivity index (χ1) is 5.86. The second-order valence-electron chi connectivity index (χ2n) is 2.45. The fourth-order valence-electron chi connectivity index (χ4n) is 0.962. The maximum atomic E-state index is 8.55. The van der Waals surface area contributed by atoms with E-state index in [1.165, 1.54) is 0 Å². The molecule has 0 bridgehead atoms. The fraction of sp³-hybridized carbons (Fsp3) is 0.333. The Labute approximate surface area is 76.8 Å². The molecule has 0 aliphatic heterocycles. The van der Waals surface area contributed by atoms with Crippen molar-refractivity contribution in [2.45, 2.75) is 12.8 Å². The molecule has 0 aromatic carbocycles. The molecule has 0 saturated carbocycles. The zero-order valence-electron chi connectivity index (χ0n) is 6.63. The SMILES string of the molecule is N#Cc1cc(CCCCl)ccn1. The first-order valence-electron chi connectivity index (χ1n) is 3.78. The molecule has 0 spiro atoms. The summed E-state index contributed by atoms with van der Waals surface area (Å²) in [5.74, 6) is 0.657. The number of aryl methyl sites for hydroxylation is 1. The van der Waals surface area contributed by atoms with Gasteiger partial charge in [-0.25, -0.2) is 4.98 Å². The smallest absolute Gasteiger partial charge is 0.140 e. The number of aromatic nitrogens is 1. The molecule has 0 aliphatic carbocycles. The highest BCUT2D eigenvalue weighted by Crippen LogP contribution is 2.04. The molecule has 1 heterocycles. The van der Waals surface area contributed by atoms with Crippen molar-refractivity contribution in [1.82, 2.24) is 4.98 Å². The summed E-state index contributed by atoms with van der Waals surface area (Å²) >= 11 is 5.54. The molecule has 0 N–H and O–H groups in total. The summed E-state index contributed by atoms with van der Waals surface area (Å²) in [6.45, 7) is 0. The molecule has 2 nitrogen and oxygen atoms in total. The van der Waals surface area contributed by atoms with Crippen LogP contribution >= 0.6 is 11.6 Å². The number of halogens is 1. The number of nitriles is 1. The first-order valence-corrected chi connectivity index (χ1v) is 4.31. The van der Waals surface area contributed by atoms with Crippen LogP contribution in [0, 0.1) is 11.3 Å². The fourth-order valence-corrected chi connectivity index (χ4v) is 1.10. The van der Waals surface area contributed by atoms with Gasteiger partial charge in [0.15, 0.2) is 0 Å². The number of rotatable bonds is 3. The van der Waals surface area contributed by atoms with Gasteiger partial charge in [-0.05, 0) is 30.5 Å². The Morgan fingerprint density at radius 2 is 2.42 bits per heavy atom. The third-order valence-corrected chi connectivity index (χ3v) is 1.81. The van der Waals surface area contributed by atoms with Crippen molar-refractivity contribution >= 4 is 11.6 Å². The average Bonchev–Trinajstić information content (AvgIpc) is 2.15. The van der Waals surface area contributed by atoms with E-state index in [2.05, 4.69) is 4.98 Å². The minimum atomic E-state index is 0.474. The van der Waals surface area contributed by atoms with E-state index < -0.39 is 0 Å². The molecule has 1 rings (SSSR count). The van der Waals surface area contributed by atoms with E-state index in [9.17, 15) is 0 Å². The summed E-state index contributed by atoms with van der Waals surface area (Å²) in [6.07, 6.45) is 3.51. The predicted molar refractivity (Wildman–Crippen MR) is 48.0 cm³/mol. The third kappa shape index (κ3) is 2.52. The van der Waals surface area contributed by atoms with Crippen LogP contribution in [0.15, 0.2) is 18.3 Å². The molecule has 0 radical (unpaired) electrons. The maximum Gasteiger partial charge on any atom is 0.140 e. The largest absolute Gasteiger partial charge is 0.246 e. The molecule has 3 heteroatoms. The van der Waals surface area contributed by atoms with Gasteiger partial charge in [0.1, 0.15) is 11.8 Å². The van der Waals surface area contributed by atoms with Crippen molar-refractivity contribution < 1.29 is 0 Å². The molecular formula is C9H9ClN2. The van der Waals surface area contributed by atoms with Gasteiger partial charge in [-0.1, -0.05) is 0 Å².